The van der Waals surface area contributed by atoms with E-state index in [1.165, 1.54) is 6.07 Å². The molecule has 1 aromatic carbocycles. The Morgan fingerprint density at radius 2 is 2.00 bits per heavy atom. The van der Waals surface area contributed by atoms with Crippen molar-refractivity contribution in [1.29, 1.82) is 0 Å². The van der Waals surface area contributed by atoms with E-state index in [1.54, 1.807) is 30.0 Å². The highest BCUT2D eigenvalue weighted by Crippen LogP contribution is 2.19. The fourth-order valence-corrected chi connectivity index (χ4v) is 3.21. The van der Waals surface area contributed by atoms with Gasteiger partial charge in [-0.2, -0.15) is 11.8 Å². The van der Waals surface area contributed by atoms with Crippen LogP contribution in [0.25, 0.3) is 0 Å². The first-order valence-corrected chi connectivity index (χ1v) is 8.54. The van der Waals surface area contributed by atoms with Crippen molar-refractivity contribution in [3.05, 3.63) is 24.3 Å². The molecule has 0 saturated carbocycles. The van der Waals surface area contributed by atoms with Gasteiger partial charge in [0, 0.05) is 6.54 Å². The van der Waals surface area contributed by atoms with Crippen LogP contribution in [0.4, 0.5) is 5.69 Å². The van der Waals surface area contributed by atoms with Crippen LogP contribution in [0.3, 0.4) is 0 Å². The van der Waals surface area contributed by atoms with E-state index in [9.17, 15) is 8.42 Å². The molecule has 0 unspecified atom stereocenters. The summed E-state index contributed by atoms with van der Waals surface area (Å²) in [5, 5.41) is 0. The van der Waals surface area contributed by atoms with Crippen molar-refractivity contribution in [3.63, 3.8) is 0 Å². The van der Waals surface area contributed by atoms with E-state index in [2.05, 4.69) is 10.1 Å². The molecule has 0 radical (unpaired) electrons. The monoisotopic (exact) mass is 289 g/mol. The molecule has 0 aliphatic heterocycles. The smallest absolute Gasteiger partial charge is 0.242 e. The normalized spacial score (nSPS) is 11.4. The van der Waals surface area contributed by atoms with E-state index in [4.69, 9.17) is 5.84 Å². The van der Waals surface area contributed by atoms with Crippen LogP contribution in [0.5, 0.6) is 0 Å². The van der Waals surface area contributed by atoms with Gasteiger partial charge < -0.3 is 5.43 Å². The van der Waals surface area contributed by atoms with E-state index in [0.29, 0.717) is 12.2 Å². The van der Waals surface area contributed by atoms with Crippen LogP contribution in [0.15, 0.2) is 29.2 Å². The molecule has 0 atom stereocenters. The van der Waals surface area contributed by atoms with Gasteiger partial charge in [-0.1, -0.05) is 12.1 Å². The Hall–Kier alpha value is -0.760. The third kappa shape index (κ3) is 4.49. The molecule has 1 rings (SSSR count). The van der Waals surface area contributed by atoms with Gasteiger partial charge in [-0.05, 0) is 37.0 Å². The maximum absolute atomic E-state index is 12.0. The molecule has 0 aliphatic carbocycles. The minimum Gasteiger partial charge on any atom is -0.323 e. The number of rotatable bonds is 8. The first kappa shape index (κ1) is 15.3. The van der Waals surface area contributed by atoms with Crippen LogP contribution < -0.4 is 16.0 Å². The number of hydrazine groups is 1. The summed E-state index contributed by atoms with van der Waals surface area (Å²) in [6, 6.07) is 6.55. The summed E-state index contributed by atoms with van der Waals surface area (Å²) in [6.07, 6.45) is 3.87. The number of anilines is 1. The number of nitrogens with two attached hydrogens (primary N) is 1. The fourth-order valence-electron chi connectivity index (χ4n) is 1.48. The summed E-state index contributed by atoms with van der Waals surface area (Å²) in [7, 11) is -3.49. The number of thioether (sulfide) groups is 1. The SMILES string of the molecule is CSCCCCNS(=O)(=O)c1ccccc1NN. The molecule has 0 amide bonds. The lowest BCUT2D eigenvalue weighted by molar-refractivity contribution is 0.579. The Labute approximate surface area is 113 Å². The zero-order valence-electron chi connectivity index (χ0n) is 10.3. The summed E-state index contributed by atoms with van der Waals surface area (Å²) >= 11 is 1.76. The predicted octanol–water partition coefficient (Wildman–Crippen LogP) is 1.39. The second kappa shape index (κ2) is 7.63. The summed E-state index contributed by atoms with van der Waals surface area (Å²) in [5.41, 5.74) is 2.79. The van der Waals surface area contributed by atoms with Crippen LogP contribution in [0.1, 0.15) is 12.8 Å². The molecule has 0 spiro atoms. The Morgan fingerprint density at radius 1 is 1.28 bits per heavy atom. The van der Waals surface area contributed by atoms with Gasteiger partial charge in [0.05, 0.1) is 5.69 Å². The molecule has 7 heteroatoms. The Kier molecular flexibility index (Phi) is 6.48. The molecule has 0 heterocycles. The number of nitrogen functional groups attached to an aromatic ring is 1. The van der Waals surface area contributed by atoms with E-state index in [0.717, 1.165) is 18.6 Å². The number of hydrogen-bond donors (Lipinski definition) is 3. The van der Waals surface area contributed by atoms with Crippen molar-refractivity contribution in [2.75, 3.05) is 24.0 Å². The van der Waals surface area contributed by atoms with Gasteiger partial charge in [-0.3, -0.25) is 5.84 Å². The van der Waals surface area contributed by atoms with Crippen molar-refractivity contribution in [3.8, 4) is 0 Å². The minimum atomic E-state index is -3.49. The van der Waals surface area contributed by atoms with Gasteiger partial charge in [0.25, 0.3) is 0 Å². The summed E-state index contributed by atoms with van der Waals surface area (Å²) < 4.78 is 26.6. The molecule has 0 aliphatic rings. The number of para-hydroxylation sites is 1. The molecule has 5 nitrogen and oxygen atoms in total. The first-order valence-electron chi connectivity index (χ1n) is 5.66. The number of nitrogens with one attached hydrogen (secondary N) is 2. The summed E-state index contributed by atoms with van der Waals surface area (Å²) in [5.74, 6) is 6.34. The first-order chi connectivity index (χ1) is 8.61. The van der Waals surface area contributed by atoms with Crippen molar-refractivity contribution in [1.82, 2.24) is 4.72 Å². The molecule has 18 heavy (non-hydrogen) atoms. The molecule has 4 N–H and O–H groups in total. The number of unbranched alkanes of at least 4 members (excludes halogenated alkanes) is 1. The second-order valence-corrected chi connectivity index (χ2v) is 6.46. The Bertz CT molecular complexity index is 463. The average molecular weight is 289 g/mol. The van der Waals surface area contributed by atoms with Gasteiger partial charge in [-0.25, -0.2) is 13.1 Å². The average Bonchev–Trinajstić information content (AvgIpc) is 2.38. The topological polar surface area (TPSA) is 84.2 Å². The van der Waals surface area contributed by atoms with Gasteiger partial charge in [0.15, 0.2) is 0 Å². The van der Waals surface area contributed by atoms with Gasteiger partial charge in [-0.15, -0.1) is 0 Å². The second-order valence-electron chi connectivity index (χ2n) is 3.74. The Balaban J connectivity index is 2.63. The highest BCUT2D eigenvalue weighted by Gasteiger charge is 2.16. The van der Waals surface area contributed by atoms with E-state index >= 15 is 0 Å². The summed E-state index contributed by atoms with van der Waals surface area (Å²) in [6.45, 7) is 0.446. The molecular weight excluding hydrogens is 270 g/mol. The molecule has 102 valence electrons. The van der Waals surface area contributed by atoms with Gasteiger partial charge in [0.1, 0.15) is 4.90 Å². The number of sulfonamides is 1. The quantitative estimate of drug-likeness (QED) is 0.383. The van der Waals surface area contributed by atoms with Crippen LogP contribution in [0.2, 0.25) is 0 Å². The predicted molar refractivity (Wildman–Crippen MR) is 77.1 cm³/mol. The van der Waals surface area contributed by atoms with Crippen LogP contribution in [-0.2, 0) is 10.0 Å². The molecule has 0 saturated heterocycles. The lowest BCUT2D eigenvalue weighted by Gasteiger charge is -2.10. The molecule has 0 bridgehead atoms. The number of benzene rings is 1. The lowest BCUT2D eigenvalue weighted by atomic mass is 10.3. The van der Waals surface area contributed by atoms with Crippen molar-refractivity contribution in [2.24, 2.45) is 5.84 Å². The highest BCUT2D eigenvalue weighted by molar-refractivity contribution is 7.98. The van der Waals surface area contributed by atoms with E-state index in [1.807, 2.05) is 6.26 Å². The highest BCUT2D eigenvalue weighted by atomic mass is 32.2. The van der Waals surface area contributed by atoms with E-state index in [-0.39, 0.29) is 4.90 Å². The zero-order valence-corrected chi connectivity index (χ0v) is 12.0. The number of hydrogen-bond acceptors (Lipinski definition) is 5. The van der Waals surface area contributed by atoms with Crippen LogP contribution in [0, 0.1) is 0 Å². The zero-order chi connectivity index (χ0) is 13.4. The minimum absolute atomic E-state index is 0.178. The molecule has 0 fully saturated rings. The van der Waals surface area contributed by atoms with E-state index < -0.39 is 10.0 Å². The standard InChI is InChI=1S/C11H19N3O2S2/c1-17-9-5-4-8-13-18(15,16)11-7-3-2-6-10(11)14-12/h2-3,6-7,13-14H,4-5,8-9,12H2,1H3. The van der Waals surface area contributed by atoms with Gasteiger partial charge in [0.2, 0.25) is 10.0 Å². The Morgan fingerprint density at radius 3 is 2.67 bits per heavy atom. The van der Waals surface area contributed by atoms with Crippen LogP contribution >= 0.6 is 11.8 Å². The maximum atomic E-state index is 12.0. The summed E-state index contributed by atoms with van der Waals surface area (Å²) in [4.78, 5) is 0.178. The third-order valence-electron chi connectivity index (χ3n) is 2.40. The van der Waals surface area contributed by atoms with Crippen LogP contribution in [-0.4, -0.2) is 27.0 Å². The molecule has 0 aromatic heterocycles. The van der Waals surface area contributed by atoms with Crippen molar-refractivity contribution in [2.45, 2.75) is 17.7 Å². The molecular formula is C11H19N3O2S2. The molecule has 1 aromatic rings. The lowest BCUT2D eigenvalue weighted by Crippen LogP contribution is -2.26. The fraction of sp³-hybridized carbons (Fsp3) is 0.455. The largest absolute Gasteiger partial charge is 0.323 e. The maximum Gasteiger partial charge on any atom is 0.242 e. The van der Waals surface area contributed by atoms with Gasteiger partial charge >= 0.3 is 0 Å². The van der Waals surface area contributed by atoms with Crippen molar-refractivity contribution >= 4 is 27.5 Å². The third-order valence-corrected chi connectivity index (χ3v) is 4.62. The van der Waals surface area contributed by atoms with Crippen molar-refractivity contribution < 1.29 is 8.42 Å².